The van der Waals surface area contributed by atoms with Gasteiger partial charge in [-0.2, -0.15) is 11.8 Å². The molecule has 15 heavy (non-hydrogen) atoms. The molecule has 0 unspecified atom stereocenters. The first kappa shape index (κ1) is 12.7. The summed E-state index contributed by atoms with van der Waals surface area (Å²) in [5, 5.41) is 0. The summed E-state index contributed by atoms with van der Waals surface area (Å²) in [6, 6.07) is 0. The molecule has 1 rings (SSSR count). The first-order chi connectivity index (χ1) is 7.00. The van der Waals surface area contributed by atoms with Crippen LogP contribution in [0.5, 0.6) is 0 Å². The van der Waals surface area contributed by atoms with Gasteiger partial charge in [0.2, 0.25) is 0 Å². The normalized spacial score (nSPS) is 11.0. The van der Waals surface area contributed by atoms with Gasteiger partial charge in [0.1, 0.15) is 10.5 Å². The average molecular weight is 242 g/mol. The van der Waals surface area contributed by atoms with Crippen molar-refractivity contribution < 1.29 is 0 Å². The van der Waals surface area contributed by atoms with Crippen LogP contribution in [0.15, 0.2) is 0 Å². The number of H-pyrrole nitrogens is 1. The average Bonchev–Trinajstić information content (AvgIpc) is 2.13. The van der Waals surface area contributed by atoms with Crippen molar-refractivity contribution in [3.63, 3.8) is 0 Å². The van der Waals surface area contributed by atoms with Gasteiger partial charge in [-0.05, 0) is 25.5 Å². The van der Waals surface area contributed by atoms with Gasteiger partial charge in [-0.25, -0.2) is 4.98 Å². The summed E-state index contributed by atoms with van der Waals surface area (Å²) in [5.41, 5.74) is 2.22. The molecule has 0 fully saturated rings. The van der Waals surface area contributed by atoms with Gasteiger partial charge in [0.25, 0.3) is 0 Å². The Bertz CT molecular complexity index is 383. The maximum atomic E-state index is 5.19. The zero-order valence-electron chi connectivity index (χ0n) is 9.76. The van der Waals surface area contributed by atoms with E-state index in [-0.39, 0.29) is 0 Å². The Hall–Kier alpha value is -0.350. The number of aryl methyl sites for hydroxylation is 1. The quantitative estimate of drug-likeness (QED) is 0.817. The molecule has 0 radical (unpaired) electrons. The maximum absolute atomic E-state index is 5.19. The Balaban J connectivity index is 2.67. The molecular formula is C11H18N2S2. The summed E-state index contributed by atoms with van der Waals surface area (Å²) in [6.07, 6.45) is 0. The highest BCUT2D eigenvalue weighted by Gasteiger charge is 2.02. The third-order valence-corrected chi connectivity index (χ3v) is 3.92. The van der Waals surface area contributed by atoms with Gasteiger partial charge in [0.15, 0.2) is 0 Å². The summed E-state index contributed by atoms with van der Waals surface area (Å²) in [7, 11) is 0. The molecule has 1 N–H and O–H groups in total. The van der Waals surface area contributed by atoms with E-state index in [0.29, 0.717) is 0 Å². The molecular weight excluding hydrogens is 224 g/mol. The minimum absolute atomic E-state index is 0.726. The van der Waals surface area contributed by atoms with E-state index in [0.717, 1.165) is 39.1 Å². The molecule has 84 valence electrons. The SMILES string of the molecule is Cc1[nH]c(CSCC(C)C)nc(=S)c1C. The Kier molecular flexibility index (Phi) is 4.80. The number of hydrogen-bond donors (Lipinski definition) is 1. The van der Waals surface area contributed by atoms with Crippen LogP contribution in [0.25, 0.3) is 0 Å². The van der Waals surface area contributed by atoms with Crippen LogP contribution >= 0.6 is 24.0 Å². The zero-order chi connectivity index (χ0) is 11.4. The minimum Gasteiger partial charge on any atom is -0.346 e. The number of nitrogens with one attached hydrogen (secondary N) is 1. The predicted molar refractivity (Wildman–Crippen MR) is 69.9 cm³/mol. The molecule has 0 aliphatic rings. The lowest BCUT2D eigenvalue weighted by atomic mass is 10.3. The topological polar surface area (TPSA) is 28.7 Å². The Morgan fingerprint density at radius 2 is 2.07 bits per heavy atom. The molecule has 0 aliphatic carbocycles. The van der Waals surface area contributed by atoms with Crippen molar-refractivity contribution in [2.24, 2.45) is 5.92 Å². The largest absolute Gasteiger partial charge is 0.346 e. The van der Waals surface area contributed by atoms with Crippen LogP contribution in [0, 0.1) is 24.4 Å². The monoisotopic (exact) mass is 242 g/mol. The van der Waals surface area contributed by atoms with Gasteiger partial charge >= 0.3 is 0 Å². The molecule has 0 aromatic carbocycles. The second-order valence-electron chi connectivity index (χ2n) is 4.15. The van der Waals surface area contributed by atoms with Crippen LogP contribution in [-0.2, 0) is 5.75 Å². The number of aromatic amines is 1. The van der Waals surface area contributed by atoms with Gasteiger partial charge in [0, 0.05) is 11.3 Å². The number of rotatable bonds is 4. The molecule has 2 nitrogen and oxygen atoms in total. The van der Waals surface area contributed by atoms with Gasteiger partial charge in [-0.3, -0.25) is 0 Å². The fraction of sp³-hybridized carbons (Fsp3) is 0.636. The third kappa shape index (κ3) is 3.95. The van der Waals surface area contributed by atoms with E-state index in [1.165, 1.54) is 0 Å². The number of nitrogens with zero attached hydrogens (tertiary/aromatic N) is 1. The smallest absolute Gasteiger partial charge is 0.132 e. The molecule has 1 aromatic heterocycles. The van der Waals surface area contributed by atoms with E-state index < -0.39 is 0 Å². The van der Waals surface area contributed by atoms with Crippen LogP contribution in [0.4, 0.5) is 0 Å². The molecule has 1 aromatic rings. The van der Waals surface area contributed by atoms with Crippen molar-refractivity contribution in [1.29, 1.82) is 0 Å². The second kappa shape index (κ2) is 5.66. The van der Waals surface area contributed by atoms with Crippen LogP contribution in [0.2, 0.25) is 0 Å². The minimum atomic E-state index is 0.726. The summed E-state index contributed by atoms with van der Waals surface area (Å²) >= 11 is 7.09. The van der Waals surface area contributed by atoms with E-state index in [2.05, 4.69) is 23.8 Å². The van der Waals surface area contributed by atoms with Crippen molar-refractivity contribution >= 4 is 24.0 Å². The molecule has 0 saturated carbocycles. The first-order valence-electron chi connectivity index (χ1n) is 5.15. The summed E-state index contributed by atoms with van der Waals surface area (Å²) in [6.45, 7) is 8.50. The van der Waals surface area contributed by atoms with E-state index in [1.54, 1.807) is 0 Å². The fourth-order valence-corrected chi connectivity index (χ4v) is 2.35. The van der Waals surface area contributed by atoms with Crippen molar-refractivity contribution in [3.05, 3.63) is 21.7 Å². The van der Waals surface area contributed by atoms with Crippen LogP contribution in [0.1, 0.15) is 30.9 Å². The molecule has 1 heterocycles. The number of thioether (sulfide) groups is 1. The maximum Gasteiger partial charge on any atom is 0.132 e. The number of hydrogen-bond acceptors (Lipinski definition) is 3. The van der Waals surface area contributed by atoms with E-state index in [4.69, 9.17) is 12.2 Å². The zero-order valence-corrected chi connectivity index (χ0v) is 11.4. The standard InChI is InChI=1S/C11H18N2S2/c1-7(2)5-15-6-10-12-9(4)8(3)11(14)13-10/h7H,5-6H2,1-4H3,(H,12,13,14). The Labute approximate surface area is 101 Å². The lowest BCUT2D eigenvalue weighted by Crippen LogP contribution is -2.00. The highest BCUT2D eigenvalue weighted by molar-refractivity contribution is 7.98. The van der Waals surface area contributed by atoms with Gasteiger partial charge in [-0.15, -0.1) is 0 Å². The summed E-state index contributed by atoms with van der Waals surface area (Å²) < 4.78 is 0.728. The third-order valence-electron chi connectivity index (χ3n) is 2.14. The lowest BCUT2D eigenvalue weighted by molar-refractivity contribution is 0.749. The second-order valence-corrected chi connectivity index (χ2v) is 5.56. The van der Waals surface area contributed by atoms with Crippen molar-refractivity contribution in [3.8, 4) is 0 Å². The lowest BCUT2D eigenvalue weighted by Gasteiger charge is -2.06. The molecule has 0 atom stereocenters. The fourth-order valence-electron chi connectivity index (χ4n) is 1.16. The molecule has 0 saturated heterocycles. The molecule has 0 amide bonds. The molecule has 0 spiro atoms. The van der Waals surface area contributed by atoms with Crippen LogP contribution in [-0.4, -0.2) is 15.7 Å². The van der Waals surface area contributed by atoms with E-state index in [9.17, 15) is 0 Å². The van der Waals surface area contributed by atoms with Crippen LogP contribution in [0.3, 0.4) is 0 Å². The van der Waals surface area contributed by atoms with Crippen LogP contribution < -0.4 is 0 Å². The van der Waals surface area contributed by atoms with Crippen molar-refractivity contribution in [2.75, 3.05) is 5.75 Å². The van der Waals surface area contributed by atoms with Crippen molar-refractivity contribution in [1.82, 2.24) is 9.97 Å². The van der Waals surface area contributed by atoms with E-state index in [1.807, 2.05) is 25.6 Å². The molecule has 0 aliphatic heterocycles. The summed E-state index contributed by atoms with van der Waals surface area (Å²) in [4.78, 5) is 7.66. The van der Waals surface area contributed by atoms with Gasteiger partial charge < -0.3 is 4.98 Å². The van der Waals surface area contributed by atoms with E-state index >= 15 is 0 Å². The van der Waals surface area contributed by atoms with Gasteiger partial charge in [-0.1, -0.05) is 26.1 Å². The van der Waals surface area contributed by atoms with Crippen molar-refractivity contribution in [2.45, 2.75) is 33.4 Å². The molecule has 4 heteroatoms. The molecule has 0 bridgehead atoms. The number of aromatic nitrogens is 2. The predicted octanol–water partition coefficient (Wildman–Crippen LogP) is 3.65. The Morgan fingerprint density at radius 1 is 1.40 bits per heavy atom. The Morgan fingerprint density at radius 3 is 2.60 bits per heavy atom. The highest BCUT2D eigenvalue weighted by atomic mass is 32.2. The van der Waals surface area contributed by atoms with Gasteiger partial charge in [0.05, 0.1) is 5.75 Å². The highest BCUT2D eigenvalue weighted by Crippen LogP contribution is 2.14. The summed E-state index contributed by atoms with van der Waals surface area (Å²) in [5.74, 6) is 3.80. The first-order valence-corrected chi connectivity index (χ1v) is 6.71.